The third-order valence-corrected chi connectivity index (χ3v) is 11.6. The van der Waals surface area contributed by atoms with E-state index in [0.717, 1.165) is 77.0 Å². The van der Waals surface area contributed by atoms with E-state index in [-0.39, 0.29) is 31.1 Å². The Morgan fingerprint density at radius 3 is 0.869 bits per heavy atom. The maximum atomic E-state index is 12.8. The molecule has 0 fully saturated rings. The van der Waals surface area contributed by atoms with E-state index in [4.69, 9.17) is 14.2 Å². The zero-order valence-corrected chi connectivity index (χ0v) is 40.7. The van der Waals surface area contributed by atoms with Gasteiger partial charge >= 0.3 is 17.9 Å². The predicted molar refractivity (Wildman–Crippen MR) is 261 cm³/mol. The number of allylic oxidation sites excluding steroid dienone is 6. The first-order valence-electron chi connectivity index (χ1n) is 26.5. The van der Waals surface area contributed by atoms with E-state index in [1.165, 1.54) is 161 Å². The Bertz CT molecular complexity index is 1030. The third-order valence-electron chi connectivity index (χ3n) is 11.6. The Morgan fingerprint density at radius 1 is 0.311 bits per heavy atom. The lowest BCUT2D eigenvalue weighted by atomic mass is 10.1. The van der Waals surface area contributed by atoms with Crippen LogP contribution in [0.4, 0.5) is 0 Å². The zero-order chi connectivity index (χ0) is 44.4. The molecule has 0 N–H and O–H groups in total. The van der Waals surface area contributed by atoms with Gasteiger partial charge in [-0.1, -0.05) is 205 Å². The highest BCUT2D eigenvalue weighted by Gasteiger charge is 2.19. The fourth-order valence-corrected chi connectivity index (χ4v) is 7.53. The maximum Gasteiger partial charge on any atom is 0.306 e. The number of rotatable bonds is 48. The highest BCUT2D eigenvalue weighted by molar-refractivity contribution is 5.71. The highest BCUT2D eigenvalue weighted by atomic mass is 16.6. The molecule has 0 spiro atoms. The Morgan fingerprint density at radius 2 is 0.557 bits per heavy atom. The second kappa shape index (κ2) is 50.3. The van der Waals surface area contributed by atoms with Gasteiger partial charge in [-0.15, -0.1) is 0 Å². The molecule has 0 heterocycles. The first-order valence-corrected chi connectivity index (χ1v) is 26.5. The number of carbonyl (C=O) groups excluding carboxylic acids is 3. The molecule has 0 aromatic heterocycles. The molecule has 0 aromatic rings. The molecule has 0 bridgehead atoms. The van der Waals surface area contributed by atoms with Crippen LogP contribution < -0.4 is 0 Å². The average molecular weight is 857 g/mol. The first kappa shape index (κ1) is 58.6. The van der Waals surface area contributed by atoms with Crippen molar-refractivity contribution in [1.82, 2.24) is 0 Å². The quantitative estimate of drug-likeness (QED) is 0.0262. The SMILES string of the molecule is CCCC/C=C\CCCCCCCC(=O)OCC(COC(=O)CCCCCCCCC/C=C\CCCCCCCCC)OC(=O)CCCCCCC/C=C\CCCCCCC. The molecule has 6 heteroatoms. The lowest BCUT2D eigenvalue weighted by Crippen LogP contribution is -2.30. The van der Waals surface area contributed by atoms with Crippen LogP contribution in [0.2, 0.25) is 0 Å². The molecule has 1 unspecified atom stereocenters. The first-order chi connectivity index (χ1) is 30.0. The van der Waals surface area contributed by atoms with Crippen molar-refractivity contribution in [2.75, 3.05) is 13.2 Å². The van der Waals surface area contributed by atoms with E-state index in [2.05, 4.69) is 57.2 Å². The number of hydrogen-bond acceptors (Lipinski definition) is 6. The Labute approximate surface area is 378 Å². The van der Waals surface area contributed by atoms with Gasteiger partial charge in [0.2, 0.25) is 0 Å². The van der Waals surface area contributed by atoms with Crippen molar-refractivity contribution in [3.8, 4) is 0 Å². The summed E-state index contributed by atoms with van der Waals surface area (Å²) in [5, 5.41) is 0. The molecule has 0 aliphatic heterocycles. The minimum absolute atomic E-state index is 0.0789. The van der Waals surface area contributed by atoms with Crippen LogP contribution in [0.3, 0.4) is 0 Å². The van der Waals surface area contributed by atoms with Gasteiger partial charge in [0.1, 0.15) is 13.2 Å². The molecule has 0 rings (SSSR count). The van der Waals surface area contributed by atoms with Crippen molar-refractivity contribution in [2.24, 2.45) is 0 Å². The van der Waals surface area contributed by atoms with Crippen molar-refractivity contribution in [3.05, 3.63) is 36.5 Å². The number of unbranched alkanes of at least 4 members (excludes halogenated alkanes) is 31. The summed E-state index contributed by atoms with van der Waals surface area (Å²) in [6.45, 7) is 6.59. The second-order valence-electron chi connectivity index (χ2n) is 17.8. The van der Waals surface area contributed by atoms with E-state index < -0.39 is 6.10 Å². The molecule has 1 atom stereocenters. The minimum Gasteiger partial charge on any atom is -0.462 e. The summed E-state index contributed by atoms with van der Waals surface area (Å²) in [5.41, 5.74) is 0. The Hall–Kier alpha value is -2.37. The number of carbonyl (C=O) groups is 3. The third kappa shape index (κ3) is 48.5. The van der Waals surface area contributed by atoms with E-state index in [0.29, 0.717) is 19.3 Å². The van der Waals surface area contributed by atoms with E-state index in [1.807, 2.05) is 0 Å². The number of esters is 3. The van der Waals surface area contributed by atoms with Crippen LogP contribution in [0.5, 0.6) is 0 Å². The molecule has 0 aliphatic carbocycles. The molecular weight excluding hydrogens is 757 g/mol. The monoisotopic (exact) mass is 857 g/mol. The molecular formula is C55H100O6. The summed E-state index contributed by atoms with van der Waals surface area (Å²) in [7, 11) is 0. The van der Waals surface area contributed by atoms with Crippen LogP contribution >= 0.6 is 0 Å². The largest absolute Gasteiger partial charge is 0.462 e. The van der Waals surface area contributed by atoms with Crippen molar-refractivity contribution in [1.29, 1.82) is 0 Å². The maximum absolute atomic E-state index is 12.8. The molecule has 6 nitrogen and oxygen atoms in total. The average Bonchev–Trinajstić information content (AvgIpc) is 3.26. The van der Waals surface area contributed by atoms with Gasteiger partial charge in [-0.2, -0.15) is 0 Å². The van der Waals surface area contributed by atoms with Gasteiger partial charge in [-0.05, 0) is 89.9 Å². The summed E-state index contributed by atoms with van der Waals surface area (Å²) in [4.78, 5) is 37.9. The van der Waals surface area contributed by atoms with Gasteiger partial charge in [0.15, 0.2) is 6.10 Å². The fourth-order valence-electron chi connectivity index (χ4n) is 7.53. The van der Waals surface area contributed by atoms with E-state index >= 15 is 0 Å². The van der Waals surface area contributed by atoms with Crippen LogP contribution in [-0.2, 0) is 28.6 Å². The molecule has 0 aliphatic rings. The van der Waals surface area contributed by atoms with Gasteiger partial charge in [-0.3, -0.25) is 14.4 Å². The van der Waals surface area contributed by atoms with E-state index in [1.54, 1.807) is 0 Å². The van der Waals surface area contributed by atoms with Gasteiger partial charge in [0, 0.05) is 19.3 Å². The normalized spacial score (nSPS) is 12.2. The smallest absolute Gasteiger partial charge is 0.306 e. The lowest BCUT2D eigenvalue weighted by Gasteiger charge is -2.18. The molecule has 0 radical (unpaired) electrons. The summed E-state index contributed by atoms with van der Waals surface area (Å²) in [6.07, 6.45) is 58.4. The molecule has 0 aromatic carbocycles. The van der Waals surface area contributed by atoms with Crippen molar-refractivity contribution in [3.63, 3.8) is 0 Å². The zero-order valence-electron chi connectivity index (χ0n) is 40.7. The molecule has 0 saturated carbocycles. The Balaban J connectivity index is 4.34. The van der Waals surface area contributed by atoms with Crippen LogP contribution in [-0.4, -0.2) is 37.2 Å². The van der Waals surface area contributed by atoms with Gasteiger partial charge in [0.05, 0.1) is 0 Å². The standard InChI is InChI=1S/C55H100O6/c1-4-7-10-13-16-19-22-24-26-27-28-29-31-33-36-39-42-45-48-54(57)60-51-52(50-59-53(56)47-44-41-38-35-32-21-18-15-12-9-6-3)61-55(58)49-46-43-40-37-34-30-25-23-20-17-14-11-8-5-2/h15,18,23,25-27,52H,4-14,16-17,19-22,24,28-51H2,1-3H3/b18-15-,25-23-,27-26-. The topological polar surface area (TPSA) is 78.9 Å². The molecule has 0 amide bonds. The van der Waals surface area contributed by atoms with Crippen molar-refractivity contribution < 1.29 is 28.6 Å². The van der Waals surface area contributed by atoms with Crippen molar-refractivity contribution in [2.45, 2.75) is 284 Å². The highest BCUT2D eigenvalue weighted by Crippen LogP contribution is 2.15. The number of ether oxygens (including phenoxy) is 3. The van der Waals surface area contributed by atoms with Crippen LogP contribution in [0.15, 0.2) is 36.5 Å². The summed E-state index contributed by atoms with van der Waals surface area (Å²) in [6, 6.07) is 0. The van der Waals surface area contributed by atoms with Crippen LogP contribution in [0, 0.1) is 0 Å². The van der Waals surface area contributed by atoms with Gasteiger partial charge < -0.3 is 14.2 Å². The van der Waals surface area contributed by atoms with Crippen LogP contribution in [0.1, 0.15) is 278 Å². The molecule has 61 heavy (non-hydrogen) atoms. The molecule has 0 saturated heterocycles. The van der Waals surface area contributed by atoms with Crippen molar-refractivity contribution >= 4 is 17.9 Å². The summed E-state index contributed by atoms with van der Waals surface area (Å²) in [5.74, 6) is -0.893. The molecule has 356 valence electrons. The van der Waals surface area contributed by atoms with E-state index in [9.17, 15) is 14.4 Å². The van der Waals surface area contributed by atoms with Gasteiger partial charge in [-0.25, -0.2) is 0 Å². The minimum atomic E-state index is -0.778. The van der Waals surface area contributed by atoms with Gasteiger partial charge in [0.25, 0.3) is 0 Å². The number of hydrogen-bond donors (Lipinski definition) is 0. The summed E-state index contributed by atoms with van der Waals surface area (Å²) >= 11 is 0. The fraction of sp³-hybridized carbons (Fsp3) is 0.836. The summed E-state index contributed by atoms with van der Waals surface area (Å²) < 4.78 is 16.8. The second-order valence-corrected chi connectivity index (χ2v) is 17.8. The Kier molecular flexibility index (Phi) is 48.3. The lowest BCUT2D eigenvalue weighted by molar-refractivity contribution is -0.167. The van der Waals surface area contributed by atoms with Crippen LogP contribution in [0.25, 0.3) is 0 Å². The predicted octanol–water partition coefficient (Wildman–Crippen LogP) is 17.3.